The van der Waals surface area contributed by atoms with Gasteiger partial charge in [-0.15, -0.1) is 0 Å². The van der Waals surface area contributed by atoms with Gasteiger partial charge in [-0.2, -0.15) is 0 Å². The second-order valence-corrected chi connectivity index (χ2v) is 36.7. The Kier molecular flexibility index (Phi) is 8.97. The van der Waals surface area contributed by atoms with Crippen molar-refractivity contribution in [3.8, 4) is 11.1 Å². The third kappa shape index (κ3) is 5.14. The van der Waals surface area contributed by atoms with E-state index in [1.54, 1.807) is 27.8 Å². The molecule has 3 aliphatic rings. The number of halogens is 2. The molecule has 0 spiro atoms. The van der Waals surface area contributed by atoms with Gasteiger partial charge in [0, 0.05) is 0 Å². The molecule has 1 aliphatic heterocycles. The Morgan fingerprint density at radius 2 is 1.27 bits per heavy atom. The Bertz CT molecular complexity index is 1410. The zero-order chi connectivity index (χ0) is 28.4. The van der Waals surface area contributed by atoms with Crippen molar-refractivity contribution in [3.63, 3.8) is 0 Å². The van der Waals surface area contributed by atoms with E-state index in [0.29, 0.717) is 9.59 Å². The molecule has 1 heterocycles. The first kappa shape index (κ1) is 34.3. The molecule has 0 bridgehead atoms. The van der Waals surface area contributed by atoms with Crippen molar-refractivity contribution in [3.05, 3.63) is 67.6 Å². The fourth-order valence-corrected chi connectivity index (χ4v) is 25.0. The molecule has 5 rings (SSSR count). The molecule has 0 fully saturated rings. The van der Waals surface area contributed by atoms with Crippen LogP contribution in [0, 0.1) is 11.3 Å². The number of fused-ring (bicyclic) bond motifs is 5. The topological polar surface area (TPSA) is 0 Å². The second kappa shape index (κ2) is 10.5. The Morgan fingerprint density at radius 3 is 1.77 bits per heavy atom. The van der Waals surface area contributed by atoms with Crippen molar-refractivity contribution in [2.75, 3.05) is 0 Å². The number of benzene rings is 2. The first-order chi connectivity index (χ1) is 17.2. The molecule has 0 nitrogen and oxygen atoms in total. The standard InChI is InChI=1S/C25H35Si2.C10H15.2ClH.Hf/c1-24(2,3)17-12-11-16-13-20-19(18(16)14-17)15-21(25(4,5)6)23-22(20)26(7,8)27(23,9)10;1-8-5-6-9(7-8)10(2,3)4;;;/h11-15H,1-10H3;6-8H,1-4H3;2*1H;/q;;;;+2/p-2. The van der Waals surface area contributed by atoms with Crippen LogP contribution in [0.5, 0.6) is 0 Å². The summed E-state index contributed by atoms with van der Waals surface area (Å²) in [4.78, 5) is 0. The van der Waals surface area contributed by atoms with E-state index in [0.717, 1.165) is 0 Å². The van der Waals surface area contributed by atoms with E-state index in [1.165, 1.54) is 5.56 Å². The van der Waals surface area contributed by atoms with Gasteiger partial charge in [0.2, 0.25) is 0 Å². The molecule has 0 aromatic heterocycles. The van der Waals surface area contributed by atoms with Gasteiger partial charge in [-0.1, -0.05) is 0 Å². The molecular weight excluding hydrogens is 726 g/mol. The van der Waals surface area contributed by atoms with Gasteiger partial charge in [0.1, 0.15) is 0 Å². The number of allylic oxidation sites excluding steroid dienone is 4. The largest absolute Gasteiger partial charge is 1.00 e. The van der Waals surface area contributed by atoms with Gasteiger partial charge in [0.05, 0.1) is 0 Å². The van der Waals surface area contributed by atoms with Crippen LogP contribution in [-0.2, 0) is 33.7 Å². The Morgan fingerprint density at radius 1 is 0.700 bits per heavy atom. The molecule has 2 aromatic carbocycles. The zero-order valence-corrected chi connectivity index (χ0v) is 34.5. The van der Waals surface area contributed by atoms with Crippen LogP contribution in [0.15, 0.2) is 45.3 Å². The van der Waals surface area contributed by atoms with Crippen LogP contribution in [0.25, 0.3) is 11.1 Å². The normalized spacial score (nSPS) is 21.9. The second-order valence-electron chi connectivity index (χ2n) is 16.5. The summed E-state index contributed by atoms with van der Waals surface area (Å²) in [5, 5.41) is 3.76. The summed E-state index contributed by atoms with van der Waals surface area (Å²) in [5.41, 5.74) is 12.0. The Labute approximate surface area is 271 Å². The van der Waals surface area contributed by atoms with Crippen molar-refractivity contribution in [2.24, 2.45) is 11.3 Å². The quantitative estimate of drug-likeness (QED) is 0.413. The number of rotatable bonds is 2. The SMILES string of the molecule is CC1C=C(C(C)(C)C)C=[C]1[Hf+2][CH]1c2ccc(C(C)(C)C)cc2-c2cc(C(C)(C)C)c3c(c21)[Si](C)(C)[Si]3(C)C.[Cl-].[Cl-]. The van der Waals surface area contributed by atoms with Gasteiger partial charge in [0.15, 0.2) is 0 Å². The minimum absolute atomic E-state index is 0. The summed E-state index contributed by atoms with van der Waals surface area (Å²) in [6.07, 6.45) is 5.23. The van der Waals surface area contributed by atoms with Crippen LogP contribution < -0.4 is 35.2 Å². The molecular formula is C35H50Cl2HfSi2. The molecule has 2 aliphatic carbocycles. The van der Waals surface area contributed by atoms with Crippen LogP contribution in [0.2, 0.25) is 26.2 Å². The Balaban J connectivity index is 0.00000220. The van der Waals surface area contributed by atoms with E-state index in [9.17, 15) is 0 Å². The summed E-state index contributed by atoms with van der Waals surface area (Å²) >= 11 is -1.20. The van der Waals surface area contributed by atoms with Gasteiger partial charge in [-0.25, -0.2) is 0 Å². The summed E-state index contributed by atoms with van der Waals surface area (Å²) in [6, 6.07) is 10.3. The molecule has 40 heavy (non-hydrogen) atoms. The molecule has 5 heteroatoms. The predicted octanol–water partition coefficient (Wildman–Crippen LogP) is 2.87. The maximum atomic E-state index is 2.72. The maximum absolute atomic E-state index is 2.72. The van der Waals surface area contributed by atoms with E-state index in [-0.39, 0.29) is 41.1 Å². The van der Waals surface area contributed by atoms with Crippen molar-refractivity contribution in [1.29, 1.82) is 0 Å². The summed E-state index contributed by atoms with van der Waals surface area (Å²) in [7, 11) is -2.90. The molecule has 0 N–H and O–H groups in total. The molecule has 2 unspecified atom stereocenters. The van der Waals surface area contributed by atoms with Gasteiger partial charge in [-0.05, 0) is 0 Å². The summed E-state index contributed by atoms with van der Waals surface area (Å²) in [5.74, 6) is 0.615. The number of hydrogen-bond acceptors (Lipinski definition) is 0. The first-order valence-corrected chi connectivity index (χ1v) is 25.6. The maximum Gasteiger partial charge on any atom is -1.00 e. The van der Waals surface area contributed by atoms with Crippen molar-refractivity contribution in [1.82, 2.24) is 0 Å². The first-order valence-electron chi connectivity index (χ1n) is 14.7. The molecule has 2 atom stereocenters. The summed E-state index contributed by atoms with van der Waals surface area (Å²) < 4.78 is 2.50. The van der Waals surface area contributed by atoms with E-state index >= 15 is 0 Å². The average molecular weight is 776 g/mol. The molecule has 0 saturated heterocycles. The predicted molar refractivity (Wildman–Crippen MR) is 170 cm³/mol. The third-order valence-electron chi connectivity index (χ3n) is 10.2. The molecule has 0 radical (unpaired) electrons. The monoisotopic (exact) mass is 776 g/mol. The van der Waals surface area contributed by atoms with Gasteiger partial charge >= 0.3 is 248 Å². The van der Waals surface area contributed by atoms with Gasteiger partial charge in [-0.3, -0.25) is 0 Å². The zero-order valence-electron chi connectivity index (χ0n) is 27.4. The van der Waals surface area contributed by atoms with E-state index in [1.807, 2.05) is 19.3 Å². The fraction of sp³-hybridized carbons (Fsp3) is 0.543. The summed E-state index contributed by atoms with van der Waals surface area (Å²) in [6.45, 7) is 34.9. The molecule has 0 saturated carbocycles. The van der Waals surface area contributed by atoms with E-state index in [2.05, 4.69) is 132 Å². The fourth-order valence-electron chi connectivity index (χ4n) is 7.00. The molecule has 2 aromatic rings. The molecule has 0 amide bonds. The smallest absolute Gasteiger partial charge is 1.00 e. The van der Waals surface area contributed by atoms with E-state index in [4.69, 9.17) is 0 Å². The van der Waals surface area contributed by atoms with Crippen LogP contribution in [0.3, 0.4) is 0 Å². The van der Waals surface area contributed by atoms with Crippen molar-refractivity contribution in [2.45, 2.75) is 110 Å². The third-order valence-corrected chi connectivity index (χ3v) is 34.5. The van der Waals surface area contributed by atoms with E-state index < -0.39 is 38.1 Å². The van der Waals surface area contributed by atoms with Crippen molar-refractivity contribution < 1.29 is 47.7 Å². The van der Waals surface area contributed by atoms with Crippen LogP contribution in [0.4, 0.5) is 0 Å². The Hall–Kier alpha value is -0.196. The van der Waals surface area contributed by atoms with Crippen LogP contribution in [-0.4, -0.2) is 15.2 Å². The average Bonchev–Trinajstić information content (AvgIpc) is 3.29. The minimum Gasteiger partial charge on any atom is -1.00 e. The van der Waals surface area contributed by atoms with Gasteiger partial charge < -0.3 is 24.8 Å². The minimum atomic E-state index is -1.48. The van der Waals surface area contributed by atoms with Crippen molar-refractivity contribution >= 4 is 25.6 Å². The molecule has 216 valence electrons. The van der Waals surface area contributed by atoms with Crippen LogP contribution >= 0.6 is 0 Å². The number of hydrogen-bond donors (Lipinski definition) is 0. The van der Waals surface area contributed by atoms with Crippen LogP contribution in [0.1, 0.15) is 95.2 Å². The van der Waals surface area contributed by atoms with Gasteiger partial charge in [0.25, 0.3) is 0 Å².